The summed E-state index contributed by atoms with van der Waals surface area (Å²) >= 11 is 1.33. The first kappa shape index (κ1) is 24.0. The van der Waals surface area contributed by atoms with Crippen LogP contribution >= 0.6 is 11.8 Å². The Bertz CT molecular complexity index is 1030. The third kappa shape index (κ3) is 4.00. The van der Waals surface area contributed by atoms with Crippen molar-refractivity contribution in [1.29, 1.82) is 0 Å². The Morgan fingerprint density at radius 1 is 1.15 bits per heavy atom. The van der Waals surface area contributed by atoms with E-state index in [-0.39, 0.29) is 6.54 Å². The van der Waals surface area contributed by atoms with Crippen molar-refractivity contribution in [3.8, 4) is 0 Å². The molecule has 34 heavy (non-hydrogen) atoms. The molecule has 0 radical (unpaired) electrons. The van der Waals surface area contributed by atoms with Gasteiger partial charge in [-0.1, -0.05) is 30.3 Å². The Morgan fingerprint density at radius 3 is 2.44 bits per heavy atom. The topological polar surface area (TPSA) is 139 Å². The molecule has 4 amide bonds. The van der Waals surface area contributed by atoms with Gasteiger partial charge >= 0.3 is 17.8 Å². The van der Waals surface area contributed by atoms with E-state index in [1.54, 1.807) is 51.1 Å². The summed E-state index contributed by atoms with van der Waals surface area (Å²) in [5, 5.41) is 12.9. The highest BCUT2D eigenvalue weighted by molar-refractivity contribution is 8.01. The van der Waals surface area contributed by atoms with E-state index in [0.717, 1.165) is 5.01 Å². The number of β-lactam (4-membered cyclic amide) rings is 1. The number of carbonyl (C=O) groups excluding carboxylic acids is 4. The van der Waals surface area contributed by atoms with E-state index in [1.165, 1.54) is 21.6 Å². The lowest BCUT2D eigenvalue weighted by Gasteiger charge is -2.44. The number of hydrogen-bond donors (Lipinski definition) is 3. The minimum absolute atomic E-state index is 0.206. The summed E-state index contributed by atoms with van der Waals surface area (Å²) < 4.78 is -0.714. The van der Waals surface area contributed by atoms with E-state index >= 15 is 0 Å². The van der Waals surface area contributed by atoms with E-state index in [4.69, 9.17) is 0 Å². The molecule has 0 saturated carbocycles. The van der Waals surface area contributed by atoms with Crippen LogP contribution in [0.4, 0.5) is 0 Å². The van der Waals surface area contributed by atoms with Gasteiger partial charge in [-0.25, -0.2) is 10.2 Å². The fourth-order valence-corrected chi connectivity index (χ4v) is 6.19. The molecule has 1 aromatic rings. The molecular weight excluding hydrogens is 462 g/mol. The van der Waals surface area contributed by atoms with Crippen molar-refractivity contribution in [1.82, 2.24) is 25.6 Å². The molecule has 182 valence electrons. The lowest BCUT2D eigenvalue weighted by atomic mass is 9.95. The third-order valence-electron chi connectivity index (χ3n) is 6.34. The SMILES string of the molecule is CCN1CCN(N[C@H](C(=O)N[C@@H]2C(=O)N3[C@@H]2SC(C)(C)[C@@H]3C(=O)O)c2ccccc2)C(=O)C1=O. The van der Waals surface area contributed by atoms with E-state index in [2.05, 4.69) is 10.7 Å². The largest absolute Gasteiger partial charge is 0.480 e. The number of carbonyl (C=O) groups is 5. The molecule has 11 nitrogen and oxygen atoms in total. The molecule has 3 aliphatic heterocycles. The van der Waals surface area contributed by atoms with Gasteiger partial charge in [-0.2, -0.15) is 0 Å². The number of amides is 4. The number of aliphatic carboxylic acids is 1. The molecule has 3 N–H and O–H groups in total. The lowest BCUT2D eigenvalue weighted by molar-refractivity contribution is -0.162. The third-order valence-corrected chi connectivity index (χ3v) is 7.91. The van der Waals surface area contributed by atoms with Crippen molar-refractivity contribution < 1.29 is 29.1 Å². The minimum atomic E-state index is -1.09. The number of rotatable bonds is 7. The molecule has 0 aromatic heterocycles. The molecular formula is C22H27N5O6S. The average molecular weight is 490 g/mol. The zero-order valence-electron chi connectivity index (χ0n) is 19.1. The maximum Gasteiger partial charge on any atom is 0.327 e. The summed E-state index contributed by atoms with van der Waals surface area (Å²) in [7, 11) is 0. The standard InChI is InChI=1S/C22H27N5O6S/c1-4-25-10-11-26(19(31)18(25)30)24-13(12-8-6-5-7-9-12)16(28)23-14-17(29)27-15(21(32)33)22(2,3)34-20(14)27/h5-9,13-15,20,24H,4,10-11H2,1-3H3,(H,23,28)(H,32,33)/t13-,14+,15-,20+/m0/s1. The number of carboxylic acid groups (broad SMARTS) is 1. The predicted octanol–water partition coefficient (Wildman–Crippen LogP) is -0.445. The summed E-state index contributed by atoms with van der Waals surface area (Å²) in [5.41, 5.74) is 3.41. The summed E-state index contributed by atoms with van der Waals surface area (Å²) in [6, 6.07) is 5.76. The first-order chi connectivity index (χ1) is 16.1. The van der Waals surface area contributed by atoms with Gasteiger partial charge in [-0.05, 0) is 26.3 Å². The van der Waals surface area contributed by atoms with Crippen LogP contribution in [0.3, 0.4) is 0 Å². The van der Waals surface area contributed by atoms with Crippen molar-refractivity contribution in [2.24, 2.45) is 0 Å². The second-order valence-corrected chi connectivity index (χ2v) is 10.7. The first-order valence-corrected chi connectivity index (χ1v) is 11.9. The molecule has 1 aromatic carbocycles. The quantitative estimate of drug-likeness (QED) is 0.346. The second-order valence-electron chi connectivity index (χ2n) is 8.90. The van der Waals surface area contributed by atoms with Crippen molar-refractivity contribution in [3.63, 3.8) is 0 Å². The highest BCUT2D eigenvalue weighted by Crippen LogP contribution is 2.50. The van der Waals surface area contributed by atoms with E-state index in [9.17, 15) is 29.1 Å². The molecule has 0 spiro atoms. The monoisotopic (exact) mass is 489 g/mol. The number of fused-ring (bicyclic) bond motifs is 1. The number of likely N-dealkylation sites (N-methyl/N-ethyl adjacent to an activating group) is 1. The number of thioether (sulfide) groups is 1. The zero-order valence-corrected chi connectivity index (χ0v) is 19.9. The van der Waals surface area contributed by atoms with Crippen LogP contribution in [-0.2, 0) is 24.0 Å². The van der Waals surface area contributed by atoms with Gasteiger partial charge in [0, 0.05) is 17.8 Å². The maximum atomic E-state index is 13.3. The number of hydrogen-bond acceptors (Lipinski definition) is 7. The van der Waals surface area contributed by atoms with Crippen LogP contribution in [0.2, 0.25) is 0 Å². The summed E-state index contributed by atoms with van der Waals surface area (Å²) in [6.45, 7) is 6.25. The van der Waals surface area contributed by atoms with Crippen LogP contribution in [0, 0.1) is 0 Å². The van der Waals surface area contributed by atoms with Gasteiger partial charge in [0.25, 0.3) is 0 Å². The fraction of sp³-hybridized carbons (Fsp3) is 0.500. The molecule has 3 heterocycles. The van der Waals surface area contributed by atoms with Gasteiger partial charge in [0.15, 0.2) is 0 Å². The number of carboxylic acids is 1. The Morgan fingerprint density at radius 2 is 1.82 bits per heavy atom. The van der Waals surface area contributed by atoms with Crippen LogP contribution in [0.15, 0.2) is 30.3 Å². The highest BCUT2D eigenvalue weighted by atomic mass is 32.2. The molecule has 4 rings (SSSR count). The predicted molar refractivity (Wildman–Crippen MR) is 122 cm³/mol. The van der Waals surface area contributed by atoms with E-state index < -0.39 is 57.8 Å². The van der Waals surface area contributed by atoms with Crippen molar-refractivity contribution in [2.45, 2.75) is 49.0 Å². The molecule has 0 aliphatic carbocycles. The Hall–Kier alpha value is -3.12. The van der Waals surface area contributed by atoms with Gasteiger partial charge in [0.1, 0.15) is 23.5 Å². The lowest BCUT2D eigenvalue weighted by Crippen LogP contribution is -2.71. The number of hydrazine groups is 1. The van der Waals surface area contributed by atoms with Crippen LogP contribution in [-0.4, -0.2) is 91.4 Å². The maximum absolute atomic E-state index is 13.3. The number of nitrogens with one attached hydrogen (secondary N) is 2. The molecule has 3 saturated heterocycles. The van der Waals surface area contributed by atoms with E-state index in [1.807, 2.05) is 0 Å². The van der Waals surface area contributed by atoms with Gasteiger partial charge in [-0.15, -0.1) is 11.8 Å². The Kier molecular flexibility index (Phi) is 6.30. The summed E-state index contributed by atoms with van der Waals surface area (Å²) in [6.07, 6.45) is 0. The zero-order chi connectivity index (χ0) is 24.8. The number of piperazine rings is 1. The van der Waals surface area contributed by atoms with Gasteiger partial charge in [0.2, 0.25) is 11.8 Å². The van der Waals surface area contributed by atoms with Crippen LogP contribution in [0.5, 0.6) is 0 Å². The molecule has 4 atom stereocenters. The van der Waals surface area contributed by atoms with Gasteiger partial charge in [-0.3, -0.25) is 24.2 Å². The smallest absolute Gasteiger partial charge is 0.327 e. The van der Waals surface area contributed by atoms with Gasteiger partial charge in [0.05, 0.1) is 6.54 Å². The highest BCUT2D eigenvalue weighted by Gasteiger charge is 2.64. The van der Waals surface area contributed by atoms with Crippen LogP contribution in [0.25, 0.3) is 0 Å². The Labute approximate surface area is 200 Å². The van der Waals surface area contributed by atoms with Crippen molar-refractivity contribution >= 4 is 41.4 Å². The number of benzene rings is 1. The van der Waals surface area contributed by atoms with Crippen molar-refractivity contribution in [3.05, 3.63) is 35.9 Å². The van der Waals surface area contributed by atoms with Gasteiger partial charge < -0.3 is 20.2 Å². The minimum Gasteiger partial charge on any atom is -0.480 e. The molecule has 3 aliphatic rings. The fourth-order valence-electron chi connectivity index (χ4n) is 4.57. The molecule has 0 unspecified atom stereocenters. The second kappa shape index (κ2) is 8.91. The molecule has 0 bridgehead atoms. The molecule has 12 heteroatoms. The average Bonchev–Trinajstić information content (AvgIpc) is 3.06. The molecule has 3 fully saturated rings. The Balaban J connectivity index is 1.52. The summed E-state index contributed by atoms with van der Waals surface area (Å²) in [5.74, 6) is -3.51. The summed E-state index contributed by atoms with van der Waals surface area (Å²) in [4.78, 5) is 65.4. The number of nitrogens with zero attached hydrogens (tertiary/aromatic N) is 3. The van der Waals surface area contributed by atoms with E-state index in [0.29, 0.717) is 18.7 Å². The van der Waals surface area contributed by atoms with Crippen LogP contribution in [0.1, 0.15) is 32.4 Å². The van der Waals surface area contributed by atoms with Crippen LogP contribution < -0.4 is 10.7 Å². The first-order valence-electron chi connectivity index (χ1n) is 11.0. The van der Waals surface area contributed by atoms with Crippen molar-refractivity contribution in [2.75, 3.05) is 19.6 Å². The normalized spacial score (nSPS) is 26.7.